The molecule has 0 rings (SSSR count). The minimum Gasteiger partial charge on any atom is -0.747 e. The molecule has 1 atom stereocenters. The molecule has 0 aromatic rings. The first-order valence-corrected chi connectivity index (χ1v) is 12.2. The van der Waals surface area contributed by atoms with Gasteiger partial charge in [-0.05, 0) is 12.8 Å². The Bertz CT molecular complexity index is 564. The van der Waals surface area contributed by atoms with Gasteiger partial charge in [-0.1, -0.05) is 77.2 Å². The summed E-state index contributed by atoms with van der Waals surface area (Å²) in [7, 11) is -5.00. The van der Waals surface area contributed by atoms with Crippen LogP contribution in [0.25, 0.3) is 0 Å². The molecule has 0 aliphatic carbocycles. The van der Waals surface area contributed by atoms with Gasteiger partial charge in [-0.3, -0.25) is 9.59 Å². The maximum absolute atomic E-state index is 11.8. The van der Waals surface area contributed by atoms with Crippen LogP contribution in [0.2, 0.25) is 0 Å². The number of rotatable bonds is 19. The quantitative estimate of drug-likeness (QED) is 0.0946. The minimum atomic E-state index is -5.00. The van der Waals surface area contributed by atoms with E-state index in [9.17, 15) is 22.6 Å². The summed E-state index contributed by atoms with van der Waals surface area (Å²) in [5, 5.41) is -2.07. The number of hydrogen-bond donors (Lipinski definition) is 0. The van der Waals surface area contributed by atoms with Gasteiger partial charge in [0.25, 0.3) is 0 Å². The van der Waals surface area contributed by atoms with Crippen LogP contribution in [0.5, 0.6) is 0 Å². The standard InChI is InChI=1S/C21H38O7S.Na/c1-3-5-7-8-9-10-11-12-13-14-15-17-27-20(22)18-19(29(24,25)26)21(23)28-16-6-4-2;/h4,19H,2-3,5-18H2,1H3,(H,24,25,26);/q;+1/p-1. The van der Waals surface area contributed by atoms with E-state index in [1.54, 1.807) is 0 Å². The fourth-order valence-corrected chi connectivity index (χ4v) is 3.45. The van der Waals surface area contributed by atoms with Gasteiger partial charge >= 0.3 is 41.5 Å². The van der Waals surface area contributed by atoms with Crippen LogP contribution in [-0.4, -0.2) is 43.4 Å². The Hall–Kier alpha value is -0.410. The van der Waals surface area contributed by atoms with Crippen LogP contribution in [0.3, 0.4) is 0 Å². The van der Waals surface area contributed by atoms with E-state index in [0.717, 1.165) is 19.3 Å². The van der Waals surface area contributed by atoms with E-state index in [4.69, 9.17) is 9.47 Å². The van der Waals surface area contributed by atoms with E-state index >= 15 is 0 Å². The van der Waals surface area contributed by atoms with Crippen LogP contribution in [-0.2, 0) is 29.2 Å². The zero-order valence-electron chi connectivity index (χ0n) is 18.7. The van der Waals surface area contributed by atoms with Gasteiger partial charge in [-0.25, -0.2) is 8.42 Å². The topological polar surface area (TPSA) is 110 Å². The SMILES string of the molecule is C=CCCOC(=O)C(CC(=O)OCCCCCCCCCCCCC)S(=O)(=O)[O-].[Na+]. The Kier molecular flexibility index (Phi) is 21.7. The van der Waals surface area contributed by atoms with E-state index in [-0.39, 0.29) is 42.8 Å². The van der Waals surface area contributed by atoms with Crippen molar-refractivity contribution in [2.24, 2.45) is 0 Å². The third kappa shape index (κ3) is 18.4. The number of hydrogen-bond acceptors (Lipinski definition) is 7. The summed E-state index contributed by atoms with van der Waals surface area (Å²) >= 11 is 0. The molecule has 1 unspecified atom stereocenters. The molecule has 30 heavy (non-hydrogen) atoms. The van der Waals surface area contributed by atoms with Crippen molar-refractivity contribution in [1.82, 2.24) is 0 Å². The van der Waals surface area contributed by atoms with Gasteiger partial charge in [0.15, 0.2) is 5.25 Å². The number of carbonyl (C=O) groups is 2. The zero-order chi connectivity index (χ0) is 22.0. The Morgan fingerprint density at radius 2 is 1.40 bits per heavy atom. The Balaban J connectivity index is 0. The van der Waals surface area contributed by atoms with Gasteiger partial charge in [0, 0.05) is 0 Å². The summed E-state index contributed by atoms with van der Waals surface area (Å²) < 4.78 is 43.3. The fraction of sp³-hybridized carbons (Fsp3) is 0.810. The molecule has 0 aliphatic heterocycles. The minimum absolute atomic E-state index is 0. The second-order valence-electron chi connectivity index (χ2n) is 7.19. The zero-order valence-corrected chi connectivity index (χ0v) is 21.6. The smallest absolute Gasteiger partial charge is 0.747 e. The Morgan fingerprint density at radius 1 is 0.900 bits per heavy atom. The van der Waals surface area contributed by atoms with Crippen molar-refractivity contribution >= 4 is 22.1 Å². The molecule has 7 nitrogen and oxygen atoms in total. The largest absolute Gasteiger partial charge is 1.00 e. The monoisotopic (exact) mass is 456 g/mol. The molecule has 0 aromatic carbocycles. The summed E-state index contributed by atoms with van der Waals surface area (Å²) in [4.78, 5) is 23.5. The molecule has 0 bridgehead atoms. The van der Waals surface area contributed by atoms with Gasteiger partial charge in [0.2, 0.25) is 0 Å². The third-order valence-corrected chi connectivity index (χ3v) is 5.60. The second-order valence-corrected chi connectivity index (χ2v) is 8.74. The molecule has 9 heteroatoms. The van der Waals surface area contributed by atoms with Gasteiger partial charge in [0.1, 0.15) is 10.1 Å². The molecule has 0 saturated carbocycles. The molecule has 0 radical (unpaired) electrons. The van der Waals surface area contributed by atoms with Crippen molar-refractivity contribution in [2.45, 2.75) is 95.6 Å². The first-order chi connectivity index (χ1) is 13.8. The molecule has 0 fully saturated rings. The van der Waals surface area contributed by atoms with Gasteiger partial charge in [-0.15, -0.1) is 6.58 Å². The number of esters is 2. The van der Waals surface area contributed by atoms with E-state index < -0.39 is 33.7 Å². The van der Waals surface area contributed by atoms with Crippen LogP contribution >= 0.6 is 0 Å². The van der Waals surface area contributed by atoms with Crippen molar-refractivity contribution in [3.8, 4) is 0 Å². The van der Waals surface area contributed by atoms with Crippen LogP contribution in [0.15, 0.2) is 12.7 Å². The fourth-order valence-electron chi connectivity index (χ4n) is 2.80. The summed E-state index contributed by atoms with van der Waals surface area (Å²) in [5.41, 5.74) is 0. The summed E-state index contributed by atoms with van der Waals surface area (Å²) in [6.45, 7) is 5.70. The van der Waals surface area contributed by atoms with E-state index in [1.807, 2.05) is 0 Å². The maximum atomic E-state index is 11.8. The van der Waals surface area contributed by atoms with Crippen LogP contribution < -0.4 is 29.6 Å². The van der Waals surface area contributed by atoms with Crippen molar-refractivity contribution in [1.29, 1.82) is 0 Å². The molecule has 0 amide bonds. The van der Waals surface area contributed by atoms with Gasteiger partial charge < -0.3 is 14.0 Å². The average molecular weight is 457 g/mol. The first kappa shape index (κ1) is 31.8. The predicted octanol–water partition coefficient (Wildman–Crippen LogP) is 1.27. The molecule has 0 N–H and O–H groups in total. The second kappa shape index (κ2) is 20.5. The number of unbranched alkanes of at least 4 members (excludes halogenated alkanes) is 10. The first-order valence-electron chi connectivity index (χ1n) is 10.7. The van der Waals surface area contributed by atoms with Gasteiger partial charge in [0.05, 0.1) is 19.6 Å². The van der Waals surface area contributed by atoms with Crippen molar-refractivity contribution in [3.05, 3.63) is 12.7 Å². The van der Waals surface area contributed by atoms with E-state index in [1.165, 1.54) is 51.0 Å². The molecule has 170 valence electrons. The normalized spacial score (nSPS) is 11.9. The van der Waals surface area contributed by atoms with Crippen LogP contribution in [0.1, 0.15) is 90.4 Å². The molecule has 0 heterocycles. The Labute approximate surface area is 204 Å². The summed E-state index contributed by atoms with van der Waals surface area (Å²) in [5.74, 6) is -2.12. The van der Waals surface area contributed by atoms with Gasteiger partial charge in [-0.2, -0.15) is 0 Å². The van der Waals surface area contributed by atoms with E-state index in [0.29, 0.717) is 12.8 Å². The third-order valence-electron chi connectivity index (χ3n) is 4.54. The molecule has 0 aromatic heterocycles. The number of carbonyl (C=O) groups excluding carboxylic acids is 2. The molecule has 0 spiro atoms. The number of ether oxygens (including phenoxy) is 2. The summed E-state index contributed by atoms with van der Waals surface area (Å²) in [6, 6.07) is 0. The molecule has 0 aliphatic rings. The van der Waals surface area contributed by atoms with Crippen LogP contribution in [0.4, 0.5) is 0 Å². The molecular weight excluding hydrogens is 419 g/mol. The van der Waals surface area contributed by atoms with Crippen LogP contribution in [0, 0.1) is 0 Å². The van der Waals surface area contributed by atoms with E-state index in [2.05, 4.69) is 13.5 Å². The predicted molar refractivity (Wildman–Crippen MR) is 111 cm³/mol. The van der Waals surface area contributed by atoms with Crippen molar-refractivity contribution in [3.63, 3.8) is 0 Å². The Morgan fingerprint density at radius 3 is 1.87 bits per heavy atom. The van der Waals surface area contributed by atoms with Crippen molar-refractivity contribution in [2.75, 3.05) is 13.2 Å². The van der Waals surface area contributed by atoms with Crippen molar-refractivity contribution < 1.29 is 61.6 Å². The maximum Gasteiger partial charge on any atom is 1.00 e. The molecule has 0 saturated heterocycles. The molecular formula is C21H37NaO7S. The summed E-state index contributed by atoms with van der Waals surface area (Å²) in [6.07, 6.45) is 13.7. The average Bonchev–Trinajstić information content (AvgIpc) is 2.66.